The number of hydrogen-bond acceptors (Lipinski definition) is 3. The molecule has 1 unspecified atom stereocenters. The van der Waals surface area contributed by atoms with Crippen molar-refractivity contribution in [1.82, 2.24) is 5.32 Å². The fourth-order valence-electron chi connectivity index (χ4n) is 4.34. The van der Waals surface area contributed by atoms with Crippen molar-refractivity contribution in [3.05, 3.63) is 94.5 Å². The molecule has 0 spiro atoms. The highest BCUT2D eigenvalue weighted by Crippen LogP contribution is 2.38. The van der Waals surface area contributed by atoms with Crippen LogP contribution in [0.15, 0.2) is 71.7 Å². The van der Waals surface area contributed by atoms with Gasteiger partial charge in [-0.25, -0.2) is 0 Å². The highest BCUT2D eigenvalue weighted by Gasteiger charge is 2.32. The van der Waals surface area contributed by atoms with Crippen LogP contribution in [0, 0.1) is 12.8 Å². The molecule has 1 heterocycles. The van der Waals surface area contributed by atoms with Gasteiger partial charge in [0, 0.05) is 29.3 Å². The lowest BCUT2D eigenvalue weighted by atomic mass is 9.95. The number of rotatable bonds is 6. The number of carbonyl (C=O) groups excluding carboxylic acids is 1. The number of benzene rings is 3. The first-order valence-corrected chi connectivity index (χ1v) is 11.0. The van der Waals surface area contributed by atoms with Gasteiger partial charge in [0.25, 0.3) is 5.91 Å². The molecule has 3 N–H and O–H groups in total. The van der Waals surface area contributed by atoms with Crippen molar-refractivity contribution in [2.75, 3.05) is 6.54 Å². The molecule has 1 amide bonds. The first kappa shape index (κ1) is 19.7. The fraction of sp³-hybridized carbons (Fsp3) is 0.259. The molecule has 3 aromatic rings. The van der Waals surface area contributed by atoms with Crippen LogP contribution in [0.5, 0.6) is 0 Å². The molecule has 1 saturated carbocycles. The maximum Gasteiger partial charge on any atom is 0.251 e. The van der Waals surface area contributed by atoms with E-state index in [9.17, 15) is 4.79 Å². The Morgan fingerprint density at radius 1 is 1.06 bits per heavy atom. The molecule has 5 rings (SSSR count). The summed E-state index contributed by atoms with van der Waals surface area (Å²) in [6, 6.07) is 22.3. The largest absolute Gasteiger partial charge is 0.344 e. The standard InChI is InChI=1S/C27H27N3O/c1-17-4-2-6-21(12-17)25(15-28)30-27(31)22-7-3-5-19(13-22)20-10-11-23-16-29-26(18-8-9-18)24(23)14-20/h2-7,10-14,18,25H,8-9,15-16,28H2,1H3,(H,30,31). The van der Waals surface area contributed by atoms with Crippen LogP contribution >= 0.6 is 0 Å². The van der Waals surface area contributed by atoms with Gasteiger partial charge in [0.2, 0.25) is 0 Å². The van der Waals surface area contributed by atoms with Gasteiger partial charge in [0.1, 0.15) is 0 Å². The number of nitrogens with zero attached hydrogens (tertiary/aromatic N) is 1. The van der Waals surface area contributed by atoms with E-state index in [4.69, 9.17) is 10.7 Å². The van der Waals surface area contributed by atoms with Gasteiger partial charge >= 0.3 is 0 Å². The van der Waals surface area contributed by atoms with E-state index in [0.717, 1.165) is 28.8 Å². The Kier molecular flexibility index (Phi) is 5.16. The summed E-state index contributed by atoms with van der Waals surface area (Å²) in [6.45, 7) is 3.19. The highest BCUT2D eigenvalue weighted by molar-refractivity contribution is 6.07. The Bertz CT molecular complexity index is 1180. The second kappa shape index (κ2) is 8.12. The molecule has 0 radical (unpaired) electrons. The van der Waals surface area contributed by atoms with Crippen molar-refractivity contribution in [2.24, 2.45) is 16.6 Å². The van der Waals surface area contributed by atoms with Crippen LogP contribution in [-0.4, -0.2) is 18.2 Å². The van der Waals surface area contributed by atoms with Gasteiger partial charge in [-0.3, -0.25) is 9.79 Å². The first-order chi connectivity index (χ1) is 15.1. The zero-order chi connectivity index (χ0) is 21.4. The van der Waals surface area contributed by atoms with Gasteiger partial charge in [0.15, 0.2) is 0 Å². The molecule has 0 bridgehead atoms. The van der Waals surface area contributed by atoms with Crippen LogP contribution in [-0.2, 0) is 6.54 Å². The van der Waals surface area contributed by atoms with Gasteiger partial charge in [-0.05, 0) is 60.2 Å². The summed E-state index contributed by atoms with van der Waals surface area (Å²) in [7, 11) is 0. The summed E-state index contributed by atoms with van der Waals surface area (Å²) in [5, 5.41) is 3.09. The summed E-state index contributed by atoms with van der Waals surface area (Å²) in [5.41, 5.74) is 14.8. The topological polar surface area (TPSA) is 67.5 Å². The lowest BCUT2D eigenvalue weighted by Crippen LogP contribution is -2.33. The second-order valence-corrected chi connectivity index (χ2v) is 8.60. The normalized spacial score (nSPS) is 15.9. The molecule has 4 nitrogen and oxygen atoms in total. The molecule has 156 valence electrons. The van der Waals surface area contributed by atoms with Crippen molar-refractivity contribution >= 4 is 11.6 Å². The van der Waals surface area contributed by atoms with Crippen molar-refractivity contribution in [3.8, 4) is 11.1 Å². The average molecular weight is 410 g/mol. The number of aryl methyl sites for hydroxylation is 1. The third-order valence-electron chi connectivity index (χ3n) is 6.21. The molecule has 3 aromatic carbocycles. The van der Waals surface area contributed by atoms with E-state index < -0.39 is 0 Å². The Morgan fingerprint density at radius 3 is 2.65 bits per heavy atom. The van der Waals surface area contributed by atoms with Crippen LogP contribution < -0.4 is 11.1 Å². The Balaban J connectivity index is 1.38. The van der Waals surface area contributed by atoms with Crippen LogP contribution in [0.1, 0.15) is 51.5 Å². The molecule has 0 saturated heterocycles. The quantitative estimate of drug-likeness (QED) is 0.614. The predicted molar refractivity (Wildman–Crippen MR) is 125 cm³/mol. The first-order valence-electron chi connectivity index (χ1n) is 11.0. The Morgan fingerprint density at radius 2 is 1.87 bits per heavy atom. The van der Waals surface area contributed by atoms with E-state index >= 15 is 0 Å². The molecular weight excluding hydrogens is 382 g/mol. The van der Waals surface area contributed by atoms with Gasteiger partial charge in [-0.15, -0.1) is 0 Å². The van der Waals surface area contributed by atoms with E-state index in [0.29, 0.717) is 18.0 Å². The van der Waals surface area contributed by atoms with Crippen LogP contribution in [0.4, 0.5) is 0 Å². The van der Waals surface area contributed by atoms with Crippen LogP contribution in [0.25, 0.3) is 11.1 Å². The Labute approximate surface area is 183 Å². The second-order valence-electron chi connectivity index (χ2n) is 8.60. The number of aliphatic imine (C=N–C) groups is 1. The summed E-state index contributed by atoms with van der Waals surface area (Å²) < 4.78 is 0. The van der Waals surface area contributed by atoms with Crippen molar-refractivity contribution in [2.45, 2.75) is 32.4 Å². The van der Waals surface area contributed by atoms with E-state index in [2.05, 4.69) is 35.6 Å². The number of nitrogens with two attached hydrogens (primary N) is 1. The molecule has 1 aliphatic carbocycles. The molecular formula is C27H27N3O. The van der Waals surface area contributed by atoms with Crippen molar-refractivity contribution in [3.63, 3.8) is 0 Å². The van der Waals surface area contributed by atoms with Crippen molar-refractivity contribution < 1.29 is 4.79 Å². The molecule has 0 aromatic heterocycles. The smallest absolute Gasteiger partial charge is 0.251 e. The summed E-state index contributed by atoms with van der Waals surface area (Å²) in [6.07, 6.45) is 2.50. The summed E-state index contributed by atoms with van der Waals surface area (Å²) in [4.78, 5) is 17.8. The number of nitrogens with one attached hydrogen (secondary N) is 1. The SMILES string of the molecule is Cc1cccc(C(CN)NC(=O)c2cccc(-c3ccc4c(c3)C(C3CC3)=NC4)c2)c1. The number of carbonyl (C=O) groups is 1. The predicted octanol–water partition coefficient (Wildman–Crippen LogP) is 4.80. The van der Waals surface area contributed by atoms with E-state index in [-0.39, 0.29) is 11.9 Å². The minimum Gasteiger partial charge on any atom is -0.344 e. The van der Waals surface area contributed by atoms with Crippen molar-refractivity contribution in [1.29, 1.82) is 0 Å². The molecule has 1 fully saturated rings. The summed E-state index contributed by atoms with van der Waals surface area (Å²) in [5.74, 6) is 0.531. The number of amides is 1. The average Bonchev–Trinajstić information content (AvgIpc) is 3.55. The van der Waals surface area contributed by atoms with E-state index in [1.54, 1.807) is 0 Å². The third-order valence-corrected chi connectivity index (χ3v) is 6.21. The monoisotopic (exact) mass is 409 g/mol. The third kappa shape index (κ3) is 4.04. The lowest BCUT2D eigenvalue weighted by Gasteiger charge is -2.18. The van der Waals surface area contributed by atoms with Gasteiger partial charge in [-0.2, -0.15) is 0 Å². The number of hydrogen-bond donors (Lipinski definition) is 2. The minimum atomic E-state index is -0.214. The zero-order valence-corrected chi connectivity index (χ0v) is 17.8. The van der Waals surface area contributed by atoms with Gasteiger partial charge in [0.05, 0.1) is 12.6 Å². The maximum atomic E-state index is 13.0. The van der Waals surface area contributed by atoms with Gasteiger partial charge < -0.3 is 11.1 Å². The lowest BCUT2D eigenvalue weighted by molar-refractivity contribution is 0.0938. The zero-order valence-electron chi connectivity index (χ0n) is 17.8. The molecule has 2 aliphatic rings. The highest BCUT2D eigenvalue weighted by atomic mass is 16.1. The number of fused-ring (bicyclic) bond motifs is 1. The molecule has 4 heteroatoms. The maximum absolute atomic E-state index is 13.0. The summed E-state index contributed by atoms with van der Waals surface area (Å²) >= 11 is 0. The van der Waals surface area contributed by atoms with E-state index in [1.807, 2.05) is 43.3 Å². The van der Waals surface area contributed by atoms with Gasteiger partial charge in [-0.1, -0.05) is 54.1 Å². The van der Waals surface area contributed by atoms with E-state index in [1.165, 1.54) is 29.7 Å². The fourth-order valence-corrected chi connectivity index (χ4v) is 4.34. The van der Waals surface area contributed by atoms with Crippen LogP contribution in [0.3, 0.4) is 0 Å². The minimum absolute atomic E-state index is 0.111. The molecule has 31 heavy (non-hydrogen) atoms. The molecule has 1 atom stereocenters. The molecule has 1 aliphatic heterocycles. The Hall–Kier alpha value is -3.24. The van der Waals surface area contributed by atoms with Crippen LogP contribution in [0.2, 0.25) is 0 Å².